The zero-order valence-electron chi connectivity index (χ0n) is 13.5. The summed E-state index contributed by atoms with van der Waals surface area (Å²) in [5, 5.41) is 8.13. The van der Waals surface area contributed by atoms with E-state index in [4.69, 9.17) is 11.6 Å². The Balaban J connectivity index is 1.80. The lowest BCUT2D eigenvalue weighted by atomic mass is 10.0. The number of H-pyrrole nitrogens is 1. The Morgan fingerprint density at radius 1 is 0.923 bits per heavy atom. The molecule has 0 fully saturated rings. The number of anilines is 1. The van der Waals surface area contributed by atoms with E-state index in [1.807, 2.05) is 36.4 Å². The van der Waals surface area contributed by atoms with Crippen molar-refractivity contribution in [1.29, 1.82) is 0 Å². The Kier molecular flexibility index (Phi) is 4.14. The zero-order chi connectivity index (χ0) is 18.1. The predicted octanol–water partition coefficient (Wildman–Crippen LogP) is 4.68. The first-order valence-electron chi connectivity index (χ1n) is 7.85. The number of benzene rings is 3. The van der Waals surface area contributed by atoms with E-state index in [9.17, 15) is 8.42 Å². The largest absolute Gasteiger partial charge is 0.276 e. The van der Waals surface area contributed by atoms with Crippen LogP contribution in [0.2, 0.25) is 5.02 Å². The van der Waals surface area contributed by atoms with Crippen LogP contribution in [0.25, 0.3) is 22.0 Å². The van der Waals surface area contributed by atoms with E-state index >= 15 is 0 Å². The highest BCUT2D eigenvalue weighted by Gasteiger charge is 2.18. The molecule has 0 aliphatic carbocycles. The highest BCUT2D eigenvalue weighted by molar-refractivity contribution is 7.92. The average molecular weight is 384 g/mol. The fourth-order valence-corrected chi connectivity index (χ4v) is 4.06. The fourth-order valence-electron chi connectivity index (χ4n) is 2.74. The Hall–Kier alpha value is -2.83. The van der Waals surface area contributed by atoms with Gasteiger partial charge in [-0.25, -0.2) is 8.42 Å². The molecule has 2 N–H and O–H groups in total. The van der Waals surface area contributed by atoms with Crippen LogP contribution in [0, 0.1) is 0 Å². The van der Waals surface area contributed by atoms with Crippen molar-refractivity contribution in [3.8, 4) is 11.1 Å². The number of hydrogen-bond acceptors (Lipinski definition) is 3. The Morgan fingerprint density at radius 3 is 2.27 bits per heavy atom. The van der Waals surface area contributed by atoms with E-state index < -0.39 is 10.0 Å². The molecule has 1 heterocycles. The summed E-state index contributed by atoms with van der Waals surface area (Å²) in [6.45, 7) is 0. The Morgan fingerprint density at radius 2 is 1.58 bits per heavy atom. The van der Waals surface area contributed by atoms with Gasteiger partial charge in [-0.2, -0.15) is 5.10 Å². The van der Waals surface area contributed by atoms with Crippen molar-refractivity contribution in [2.45, 2.75) is 4.90 Å². The first-order valence-corrected chi connectivity index (χ1v) is 9.71. The number of nitrogens with one attached hydrogen (secondary N) is 2. The van der Waals surface area contributed by atoms with Gasteiger partial charge in [-0.15, -0.1) is 0 Å². The fraction of sp³-hybridized carbons (Fsp3) is 0. The van der Waals surface area contributed by atoms with Crippen molar-refractivity contribution < 1.29 is 8.42 Å². The van der Waals surface area contributed by atoms with Gasteiger partial charge in [0.05, 0.1) is 15.4 Å². The number of hydrogen-bond donors (Lipinski definition) is 2. The summed E-state index contributed by atoms with van der Waals surface area (Å²) in [7, 11) is -3.73. The number of aromatic nitrogens is 2. The van der Waals surface area contributed by atoms with Crippen LogP contribution in [0.5, 0.6) is 0 Å². The molecule has 5 nitrogen and oxygen atoms in total. The van der Waals surface area contributed by atoms with Gasteiger partial charge in [0.25, 0.3) is 10.0 Å². The summed E-state index contributed by atoms with van der Waals surface area (Å²) in [5.41, 5.74) is 2.40. The third kappa shape index (κ3) is 3.05. The third-order valence-electron chi connectivity index (χ3n) is 4.02. The molecule has 0 saturated carbocycles. The van der Waals surface area contributed by atoms with Gasteiger partial charge in [0.2, 0.25) is 0 Å². The van der Waals surface area contributed by atoms with E-state index in [-0.39, 0.29) is 10.7 Å². The zero-order valence-corrected chi connectivity index (χ0v) is 15.1. The van der Waals surface area contributed by atoms with Crippen LogP contribution in [0.4, 0.5) is 5.82 Å². The van der Waals surface area contributed by atoms with Gasteiger partial charge >= 0.3 is 0 Å². The normalized spacial score (nSPS) is 11.6. The molecule has 0 aliphatic heterocycles. The van der Waals surface area contributed by atoms with Crippen LogP contribution in [0.1, 0.15) is 0 Å². The SMILES string of the molecule is O=S(=O)(Nc1n[nH]c2cc(Cl)c(-c3ccccc3)cc12)c1ccccc1. The summed E-state index contributed by atoms with van der Waals surface area (Å²) in [6.07, 6.45) is 0. The second-order valence-corrected chi connectivity index (χ2v) is 7.82. The summed E-state index contributed by atoms with van der Waals surface area (Å²) >= 11 is 6.39. The summed E-state index contributed by atoms with van der Waals surface area (Å²) in [4.78, 5) is 0.174. The topological polar surface area (TPSA) is 74.8 Å². The molecular weight excluding hydrogens is 370 g/mol. The molecule has 0 aliphatic rings. The standard InChI is InChI=1S/C19H14ClN3O2S/c20-17-12-18-16(11-15(17)13-7-3-1-4-8-13)19(22-21-18)23-26(24,25)14-9-5-2-6-10-14/h1-12H,(H2,21,22,23). The first-order chi connectivity index (χ1) is 12.5. The predicted molar refractivity (Wildman–Crippen MR) is 104 cm³/mol. The number of halogens is 1. The van der Waals surface area contributed by atoms with Crippen molar-refractivity contribution in [2.75, 3.05) is 4.72 Å². The molecule has 26 heavy (non-hydrogen) atoms. The minimum atomic E-state index is -3.73. The van der Waals surface area contributed by atoms with Gasteiger partial charge in [-0.3, -0.25) is 9.82 Å². The number of fused-ring (bicyclic) bond motifs is 1. The maximum Gasteiger partial charge on any atom is 0.263 e. The van der Waals surface area contributed by atoms with Crippen LogP contribution in [0.3, 0.4) is 0 Å². The second-order valence-electron chi connectivity index (χ2n) is 5.73. The molecule has 0 amide bonds. The average Bonchev–Trinajstić information content (AvgIpc) is 3.03. The third-order valence-corrected chi connectivity index (χ3v) is 5.69. The molecular formula is C19H14ClN3O2S. The van der Waals surface area contributed by atoms with Gasteiger partial charge in [-0.05, 0) is 29.8 Å². The van der Waals surface area contributed by atoms with Crippen molar-refractivity contribution in [1.82, 2.24) is 10.2 Å². The van der Waals surface area contributed by atoms with E-state index in [1.165, 1.54) is 12.1 Å². The molecule has 0 atom stereocenters. The molecule has 0 bridgehead atoms. The van der Waals surface area contributed by atoms with Crippen LogP contribution < -0.4 is 4.72 Å². The summed E-state index contributed by atoms with van der Waals surface area (Å²) in [5.74, 6) is 0.234. The van der Waals surface area contributed by atoms with Gasteiger partial charge in [0, 0.05) is 10.9 Å². The van der Waals surface area contributed by atoms with Gasteiger partial charge in [-0.1, -0.05) is 60.1 Å². The van der Waals surface area contributed by atoms with E-state index in [2.05, 4.69) is 14.9 Å². The molecule has 130 valence electrons. The van der Waals surface area contributed by atoms with E-state index in [0.29, 0.717) is 15.9 Å². The maximum absolute atomic E-state index is 12.6. The van der Waals surface area contributed by atoms with Crippen molar-refractivity contribution in [3.63, 3.8) is 0 Å². The molecule has 0 radical (unpaired) electrons. The van der Waals surface area contributed by atoms with Crippen LogP contribution in [-0.2, 0) is 10.0 Å². The summed E-state index contributed by atoms with van der Waals surface area (Å²) in [6, 6.07) is 21.4. The molecule has 4 rings (SSSR count). The van der Waals surface area contributed by atoms with Crippen molar-refractivity contribution >= 4 is 38.3 Å². The van der Waals surface area contributed by atoms with Crippen LogP contribution in [-0.4, -0.2) is 18.6 Å². The van der Waals surface area contributed by atoms with Crippen molar-refractivity contribution in [3.05, 3.63) is 77.8 Å². The minimum Gasteiger partial charge on any atom is -0.276 e. The lowest BCUT2D eigenvalue weighted by Crippen LogP contribution is -2.13. The van der Waals surface area contributed by atoms with E-state index in [1.54, 1.807) is 24.3 Å². The minimum absolute atomic E-state index is 0.174. The maximum atomic E-state index is 12.6. The summed E-state index contributed by atoms with van der Waals surface area (Å²) < 4.78 is 27.7. The van der Waals surface area contributed by atoms with Gasteiger partial charge in [0.1, 0.15) is 0 Å². The monoisotopic (exact) mass is 383 g/mol. The lowest BCUT2D eigenvalue weighted by molar-refractivity contribution is 0.601. The Labute approximate surface area is 155 Å². The molecule has 4 aromatic rings. The van der Waals surface area contributed by atoms with Gasteiger partial charge < -0.3 is 0 Å². The molecule has 0 saturated heterocycles. The number of rotatable bonds is 4. The smallest absolute Gasteiger partial charge is 0.263 e. The molecule has 1 aromatic heterocycles. The number of aromatic amines is 1. The Bertz CT molecular complexity index is 1170. The first kappa shape index (κ1) is 16.6. The molecule has 0 spiro atoms. The van der Waals surface area contributed by atoms with E-state index in [0.717, 1.165) is 11.1 Å². The highest BCUT2D eigenvalue weighted by Crippen LogP contribution is 2.34. The van der Waals surface area contributed by atoms with Crippen LogP contribution >= 0.6 is 11.6 Å². The second kappa shape index (κ2) is 6.48. The van der Waals surface area contributed by atoms with Crippen LogP contribution in [0.15, 0.2) is 77.7 Å². The molecule has 7 heteroatoms. The molecule has 0 unspecified atom stereocenters. The quantitative estimate of drug-likeness (QED) is 0.537. The number of nitrogens with zero attached hydrogens (tertiary/aromatic N) is 1. The van der Waals surface area contributed by atoms with Gasteiger partial charge in [0.15, 0.2) is 5.82 Å². The number of sulfonamides is 1. The lowest BCUT2D eigenvalue weighted by Gasteiger charge is -2.08. The van der Waals surface area contributed by atoms with Crippen molar-refractivity contribution in [2.24, 2.45) is 0 Å². The highest BCUT2D eigenvalue weighted by atomic mass is 35.5. The molecule has 3 aromatic carbocycles.